The lowest BCUT2D eigenvalue weighted by Gasteiger charge is -2.26. The van der Waals surface area contributed by atoms with Gasteiger partial charge in [0.25, 0.3) is 0 Å². The van der Waals surface area contributed by atoms with Gasteiger partial charge < -0.3 is 9.88 Å². The van der Waals surface area contributed by atoms with Gasteiger partial charge in [-0.2, -0.15) is 0 Å². The van der Waals surface area contributed by atoms with E-state index >= 15 is 0 Å². The Balaban J connectivity index is 1.45. The van der Waals surface area contributed by atoms with Crippen LogP contribution >= 0.6 is 11.8 Å². The molecule has 0 aliphatic carbocycles. The molecular formula is C18H22N2OS. The SMILES string of the molecule is O=c1ccccn1CCCCN[C@@H]1CCSc2ccccc21. The number of hydrogen-bond donors (Lipinski definition) is 1. The predicted octanol–water partition coefficient (Wildman–Crippen LogP) is 3.46. The molecule has 1 aliphatic heterocycles. The van der Waals surface area contributed by atoms with Crippen LogP contribution in [0.15, 0.2) is 58.4 Å². The van der Waals surface area contributed by atoms with Crippen LogP contribution in [0.3, 0.4) is 0 Å². The summed E-state index contributed by atoms with van der Waals surface area (Å²) in [6.07, 6.45) is 5.18. The summed E-state index contributed by atoms with van der Waals surface area (Å²) < 4.78 is 1.78. The molecule has 22 heavy (non-hydrogen) atoms. The second-order valence-corrected chi connectivity index (χ2v) is 6.76. The molecule has 0 fully saturated rings. The van der Waals surface area contributed by atoms with E-state index in [-0.39, 0.29) is 5.56 Å². The van der Waals surface area contributed by atoms with Gasteiger partial charge >= 0.3 is 0 Å². The highest BCUT2D eigenvalue weighted by molar-refractivity contribution is 7.99. The molecule has 0 saturated heterocycles. The summed E-state index contributed by atoms with van der Waals surface area (Å²) in [5.41, 5.74) is 1.53. The van der Waals surface area contributed by atoms with Gasteiger partial charge in [0.05, 0.1) is 0 Å². The van der Waals surface area contributed by atoms with Gasteiger partial charge in [-0.25, -0.2) is 0 Å². The average Bonchev–Trinajstić information content (AvgIpc) is 2.56. The highest BCUT2D eigenvalue weighted by Gasteiger charge is 2.19. The quantitative estimate of drug-likeness (QED) is 0.829. The number of hydrogen-bond acceptors (Lipinski definition) is 3. The first-order valence-electron chi connectivity index (χ1n) is 7.95. The van der Waals surface area contributed by atoms with Crippen molar-refractivity contribution in [3.8, 4) is 0 Å². The van der Waals surface area contributed by atoms with Crippen LogP contribution in [0, 0.1) is 0 Å². The minimum absolute atomic E-state index is 0.0914. The molecule has 0 bridgehead atoms. The molecule has 3 nitrogen and oxygen atoms in total. The third-order valence-corrected chi connectivity index (χ3v) is 5.20. The van der Waals surface area contributed by atoms with Crippen LogP contribution in [-0.4, -0.2) is 16.9 Å². The van der Waals surface area contributed by atoms with E-state index in [1.54, 1.807) is 16.7 Å². The van der Waals surface area contributed by atoms with E-state index in [4.69, 9.17) is 0 Å². The minimum atomic E-state index is 0.0914. The summed E-state index contributed by atoms with van der Waals surface area (Å²) in [5, 5.41) is 3.68. The number of aromatic nitrogens is 1. The molecular weight excluding hydrogens is 292 g/mol. The Labute approximate surface area is 135 Å². The van der Waals surface area contributed by atoms with Gasteiger partial charge in [-0.05, 0) is 49.3 Å². The largest absolute Gasteiger partial charge is 0.316 e. The van der Waals surface area contributed by atoms with Gasteiger partial charge in [0.1, 0.15) is 0 Å². The summed E-state index contributed by atoms with van der Waals surface area (Å²) in [6.45, 7) is 1.81. The zero-order valence-electron chi connectivity index (χ0n) is 12.7. The Morgan fingerprint density at radius 3 is 2.91 bits per heavy atom. The Hall–Kier alpha value is -1.52. The molecule has 0 amide bonds. The van der Waals surface area contributed by atoms with Crippen molar-refractivity contribution in [2.24, 2.45) is 0 Å². The molecule has 116 valence electrons. The number of fused-ring (bicyclic) bond motifs is 1. The van der Waals surface area contributed by atoms with Crippen LogP contribution < -0.4 is 10.9 Å². The molecule has 3 rings (SSSR count). The summed E-state index contributed by atoms with van der Waals surface area (Å²) in [5.74, 6) is 1.19. The molecule has 1 atom stereocenters. The highest BCUT2D eigenvalue weighted by Crippen LogP contribution is 2.35. The van der Waals surface area contributed by atoms with Gasteiger partial charge in [-0.15, -0.1) is 11.8 Å². The zero-order valence-corrected chi connectivity index (χ0v) is 13.5. The number of rotatable bonds is 6. The van der Waals surface area contributed by atoms with E-state index in [9.17, 15) is 4.79 Å². The van der Waals surface area contributed by atoms with Gasteiger partial charge in [-0.1, -0.05) is 24.3 Å². The van der Waals surface area contributed by atoms with Crippen molar-refractivity contribution in [3.63, 3.8) is 0 Å². The molecule has 0 saturated carbocycles. The number of benzene rings is 1. The monoisotopic (exact) mass is 314 g/mol. The third-order valence-electron chi connectivity index (χ3n) is 4.07. The van der Waals surface area contributed by atoms with E-state index in [0.29, 0.717) is 6.04 Å². The topological polar surface area (TPSA) is 34.0 Å². The first-order chi connectivity index (χ1) is 10.8. The first kappa shape index (κ1) is 15.4. The number of thioether (sulfide) groups is 1. The van der Waals surface area contributed by atoms with Crippen molar-refractivity contribution in [2.45, 2.75) is 36.7 Å². The fourth-order valence-electron chi connectivity index (χ4n) is 2.88. The maximum absolute atomic E-state index is 11.6. The summed E-state index contributed by atoms with van der Waals surface area (Å²) >= 11 is 1.96. The lowest BCUT2D eigenvalue weighted by molar-refractivity contribution is 0.482. The molecule has 0 spiro atoms. The van der Waals surface area contributed by atoms with Gasteiger partial charge in [0, 0.05) is 29.7 Å². The molecule has 1 aliphatic rings. The number of nitrogens with one attached hydrogen (secondary N) is 1. The number of nitrogens with zero attached hydrogens (tertiary/aromatic N) is 1. The Morgan fingerprint density at radius 2 is 2.00 bits per heavy atom. The molecule has 2 heterocycles. The second-order valence-electron chi connectivity index (χ2n) is 5.62. The van der Waals surface area contributed by atoms with E-state index in [1.807, 2.05) is 24.0 Å². The van der Waals surface area contributed by atoms with Crippen LogP contribution in [0.4, 0.5) is 0 Å². The highest BCUT2D eigenvalue weighted by atomic mass is 32.2. The van der Waals surface area contributed by atoms with Crippen LogP contribution in [0.25, 0.3) is 0 Å². The van der Waals surface area contributed by atoms with Gasteiger partial charge in [-0.3, -0.25) is 4.79 Å². The van der Waals surface area contributed by atoms with Crippen molar-refractivity contribution >= 4 is 11.8 Å². The van der Waals surface area contributed by atoms with Crippen molar-refractivity contribution in [1.82, 2.24) is 9.88 Å². The fourth-order valence-corrected chi connectivity index (χ4v) is 4.01. The van der Waals surface area contributed by atoms with Gasteiger partial charge in [0.15, 0.2) is 0 Å². The van der Waals surface area contributed by atoms with Crippen LogP contribution in [0.2, 0.25) is 0 Å². The number of aryl methyl sites for hydroxylation is 1. The van der Waals surface area contributed by atoms with Crippen LogP contribution in [0.1, 0.15) is 30.9 Å². The second kappa shape index (κ2) is 7.65. The Bertz CT molecular complexity index is 668. The van der Waals surface area contributed by atoms with E-state index in [2.05, 4.69) is 29.6 Å². The van der Waals surface area contributed by atoms with Gasteiger partial charge in [0.2, 0.25) is 5.56 Å². The van der Waals surface area contributed by atoms with Crippen molar-refractivity contribution in [3.05, 3.63) is 64.6 Å². The maximum atomic E-state index is 11.6. The number of unbranched alkanes of at least 4 members (excludes halogenated alkanes) is 1. The van der Waals surface area contributed by atoms with E-state index in [1.165, 1.54) is 22.6 Å². The van der Waals surface area contributed by atoms with E-state index in [0.717, 1.165) is 25.9 Å². The van der Waals surface area contributed by atoms with Crippen molar-refractivity contribution in [2.75, 3.05) is 12.3 Å². The summed E-state index contributed by atoms with van der Waals surface area (Å²) in [6, 6.07) is 14.5. The fraction of sp³-hybridized carbons (Fsp3) is 0.389. The minimum Gasteiger partial charge on any atom is -0.316 e. The predicted molar refractivity (Wildman–Crippen MR) is 92.5 cm³/mol. The Morgan fingerprint density at radius 1 is 1.14 bits per heavy atom. The molecule has 4 heteroatoms. The zero-order chi connectivity index (χ0) is 15.2. The van der Waals surface area contributed by atoms with Crippen LogP contribution in [0.5, 0.6) is 0 Å². The maximum Gasteiger partial charge on any atom is 0.250 e. The molecule has 2 aromatic rings. The van der Waals surface area contributed by atoms with Crippen molar-refractivity contribution < 1.29 is 0 Å². The average molecular weight is 314 g/mol. The molecule has 1 aromatic carbocycles. The lowest BCUT2D eigenvalue weighted by atomic mass is 10.0. The molecule has 0 radical (unpaired) electrons. The normalized spacial score (nSPS) is 17.2. The molecule has 1 aromatic heterocycles. The molecule has 1 N–H and O–H groups in total. The standard InChI is InChI=1S/C18H22N2OS/c21-18-9-3-5-12-20(18)13-6-4-11-19-16-10-14-22-17-8-2-1-7-15(16)17/h1-3,5,7-9,12,16,19H,4,6,10-11,13-14H2/t16-/m1/s1. The Kier molecular flexibility index (Phi) is 5.35. The number of pyridine rings is 1. The lowest BCUT2D eigenvalue weighted by Crippen LogP contribution is -2.26. The summed E-state index contributed by atoms with van der Waals surface area (Å²) in [7, 11) is 0. The summed E-state index contributed by atoms with van der Waals surface area (Å²) in [4.78, 5) is 13.0. The first-order valence-corrected chi connectivity index (χ1v) is 8.94. The molecule has 0 unspecified atom stereocenters. The van der Waals surface area contributed by atoms with Crippen LogP contribution in [-0.2, 0) is 6.54 Å². The van der Waals surface area contributed by atoms with E-state index < -0.39 is 0 Å². The smallest absolute Gasteiger partial charge is 0.250 e. The third kappa shape index (κ3) is 3.81. The van der Waals surface area contributed by atoms with Crippen molar-refractivity contribution in [1.29, 1.82) is 0 Å².